The van der Waals surface area contributed by atoms with Crippen LogP contribution in [0.5, 0.6) is 5.75 Å². The molecule has 0 radical (unpaired) electrons. The molecule has 0 aliphatic rings. The molecule has 0 spiro atoms. The lowest BCUT2D eigenvalue weighted by molar-refractivity contribution is 0.415. The van der Waals surface area contributed by atoms with Crippen LogP contribution in [0.2, 0.25) is 0 Å². The average Bonchev–Trinajstić information content (AvgIpc) is 2.82. The Labute approximate surface area is 226 Å². The van der Waals surface area contributed by atoms with E-state index in [0.717, 1.165) is 73.4 Å². The molecule has 0 bridgehead atoms. The number of hydrogen-bond donors (Lipinski definition) is 4. The van der Waals surface area contributed by atoms with Crippen molar-refractivity contribution in [1.82, 2.24) is 15.6 Å². The Bertz CT molecular complexity index is 886. The van der Waals surface area contributed by atoms with Gasteiger partial charge in [0.15, 0.2) is 0 Å². The summed E-state index contributed by atoms with van der Waals surface area (Å²) in [6.07, 6.45) is 6.89. The number of benzene rings is 1. The number of fused-ring (bicyclic) bond motifs is 1. The number of nitrogens with two attached hydrogens (primary N) is 1. The number of hydrogen-bond acceptors (Lipinski definition) is 6. The first kappa shape index (κ1) is 32.4. The Hall–Kier alpha value is -1.60. The molecule has 2 rings (SSSR count). The molecule has 2 aromatic rings. The van der Waals surface area contributed by atoms with Crippen molar-refractivity contribution in [3.8, 4) is 5.75 Å². The highest BCUT2D eigenvalue weighted by Crippen LogP contribution is 2.31. The third-order valence-electron chi connectivity index (χ3n) is 6.63. The van der Waals surface area contributed by atoms with Gasteiger partial charge in [-0.1, -0.05) is 26.8 Å². The molecular weight excluding hydrogens is 470 g/mol. The van der Waals surface area contributed by atoms with Gasteiger partial charge in [-0.2, -0.15) is 0 Å². The zero-order valence-corrected chi connectivity index (χ0v) is 24.6. The fourth-order valence-corrected chi connectivity index (χ4v) is 4.33. The summed E-state index contributed by atoms with van der Waals surface area (Å²) in [5.74, 6) is 0.858. The molecule has 7 heteroatoms. The van der Waals surface area contributed by atoms with Crippen LogP contribution >= 0.6 is 12.4 Å². The molecule has 5 N–H and O–H groups in total. The van der Waals surface area contributed by atoms with Gasteiger partial charge in [0.1, 0.15) is 5.75 Å². The predicted molar refractivity (Wildman–Crippen MR) is 159 cm³/mol. The Morgan fingerprint density at radius 1 is 0.889 bits per heavy atom. The van der Waals surface area contributed by atoms with Gasteiger partial charge >= 0.3 is 0 Å². The molecule has 1 aromatic carbocycles. The maximum Gasteiger partial charge on any atom is 0.121 e. The Morgan fingerprint density at radius 2 is 1.47 bits per heavy atom. The maximum atomic E-state index is 5.59. The second-order valence-corrected chi connectivity index (χ2v) is 11.2. The highest BCUT2D eigenvalue weighted by molar-refractivity contribution is 5.92. The molecule has 0 saturated carbocycles. The van der Waals surface area contributed by atoms with Crippen LogP contribution in [0, 0.1) is 0 Å². The van der Waals surface area contributed by atoms with Crippen molar-refractivity contribution in [1.29, 1.82) is 0 Å². The molecule has 206 valence electrons. The van der Waals surface area contributed by atoms with Crippen molar-refractivity contribution in [2.75, 3.05) is 32.1 Å². The van der Waals surface area contributed by atoms with Crippen molar-refractivity contribution >= 4 is 29.0 Å². The van der Waals surface area contributed by atoms with Crippen molar-refractivity contribution in [2.45, 2.75) is 104 Å². The lowest BCUT2D eigenvalue weighted by atomic mass is 9.91. The normalized spacial score (nSPS) is 14.2. The number of rotatable bonds is 16. The fourth-order valence-electron chi connectivity index (χ4n) is 4.33. The lowest BCUT2D eigenvalue weighted by Gasteiger charge is -2.21. The molecule has 1 heterocycles. The number of methoxy groups -OCH3 is 1. The van der Waals surface area contributed by atoms with Gasteiger partial charge in [-0.05, 0) is 91.1 Å². The predicted octanol–water partition coefficient (Wildman–Crippen LogP) is 6.02. The summed E-state index contributed by atoms with van der Waals surface area (Å²) < 4.78 is 5.55. The van der Waals surface area contributed by atoms with Crippen molar-refractivity contribution < 1.29 is 4.74 Å². The molecule has 0 fully saturated rings. The zero-order chi connectivity index (χ0) is 25.8. The number of nitrogens with zero attached hydrogens (tertiary/aromatic N) is 1. The van der Waals surface area contributed by atoms with Gasteiger partial charge in [-0.15, -0.1) is 12.4 Å². The summed E-state index contributed by atoms with van der Waals surface area (Å²) in [6.45, 7) is 16.3. The summed E-state index contributed by atoms with van der Waals surface area (Å²) in [5, 5.41) is 12.1. The Kier molecular flexibility index (Phi) is 14.7. The minimum absolute atomic E-state index is 0. The average molecular weight is 522 g/mol. The second kappa shape index (κ2) is 16.3. The van der Waals surface area contributed by atoms with Crippen LogP contribution in [0.15, 0.2) is 24.3 Å². The van der Waals surface area contributed by atoms with E-state index in [1.807, 2.05) is 0 Å². The van der Waals surface area contributed by atoms with Gasteiger partial charge in [-0.3, -0.25) is 4.98 Å². The standard InChI is InChI=1S/C29H51N5O.ClH/c1-21(11-8-16-30)31-17-9-12-22(2)32-18-10-13-23(3)33-26-20-25(35-7)19-24-14-15-27(29(4,5)6)34-28(24)26;/h14-15,19-23,31-33H,8-13,16-18,30H2,1-7H3;1H. The number of anilines is 1. The van der Waals surface area contributed by atoms with E-state index in [4.69, 9.17) is 15.5 Å². The highest BCUT2D eigenvalue weighted by Gasteiger charge is 2.17. The van der Waals surface area contributed by atoms with Gasteiger partial charge in [0.2, 0.25) is 0 Å². The minimum Gasteiger partial charge on any atom is -0.497 e. The highest BCUT2D eigenvalue weighted by atomic mass is 35.5. The quantitative estimate of drug-likeness (QED) is 0.202. The van der Waals surface area contributed by atoms with E-state index in [1.165, 1.54) is 12.8 Å². The molecule has 0 aliphatic heterocycles. The van der Waals surface area contributed by atoms with Gasteiger partial charge in [0.05, 0.1) is 18.3 Å². The van der Waals surface area contributed by atoms with Crippen LogP contribution in [0.4, 0.5) is 5.69 Å². The van der Waals surface area contributed by atoms with E-state index >= 15 is 0 Å². The molecule has 0 amide bonds. The number of ether oxygens (including phenoxy) is 1. The first-order chi connectivity index (χ1) is 16.6. The summed E-state index contributed by atoms with van der Waals surface area (Å²) >= 11 is 0. The molecule has 3 atom stereocenters. The van der Waals surface area contributed by atoms with E-state index in [2.05, 4.69) is 81.8 Å². The molecule has 36 heavy (non-hydrogen) atoms. The van der Waals surface area contributed by atoms with Crippen LogP contribution in [0.1, 0.15) is 85.8 Å². The number of nitrogens with one attached hydrogen (secondary N) is 3. The third-order valence-corrected chi connectivity index (χ3v) is 6.63. The maximum absolute atomic E-state index is 5.59. The molecular formula is C29H52ClN5O. The summed E-state index contributed by atoms with van der Waals surface area (Å²) in [5.41, 5.74) is 8.77. The van der Waals surface area contributed by atoms with Crippen LogP contribution in [0.3, 0.4) is 0 Å². The molecule has 6 nitrogen and oxygen atoms in total. The molecule has 0 saturated heterocycles. The summed E-state index contributed by atoms with van der Waals surface area (Å²) in [4.78, 5) is 5.01. The van der Waals surface area contributed by atoms with Gasteiger partial charge in [-0.25, -0.2) is 0 Å². The molecule has 1 aromatic heterocycles. The zero-order valence-electron chi connectivity index (χ0n) is 23.7. The minimum atomic E-state index is 0. The Balaban J connectivity index is 0.00000648. The van der Waals surface area contributed by atoms with Crippen molar-refractivity contribution in [3.63, 3.8) is 0 Å². The first-order valence-electron chi connectivity index (χ1n) is 13.6. The van der Waals surface area contributed by atoms with Crippen molar-refractivity contribution in [2.24, 2.45) is 5.73 Å². The van der Waals surface area contributed by atoms with E-state index in [1.54, 1.807) is 7.11 Å². The summed E-state index contributed by atoms with van der Waals surface area (Å²) in [6, 6.07) is 9.87. The first-order valence-corrected chi connectivity index (χ1v) is 13.6. The second-order valence-electron chi connectivity index (χ2n) is 11.2. The smallest absolute Gasteiger partial charge is 0.121 e. The molecule has 0 aliphatic carbocycles. The van der Waals surface area contributed by atoms with E-state index < -0.39 is 0 Å². The SMILES string of the molecule is COc1cc(NC(C)CCCNC(C)CCCNC(C)CCCN)c2nc(C(C)(C)C)ccc2c1.Cl. The monoisotopic (exact) mass is 521 g/mol. The fraction of sp³-hybridized carbons (Fsp3) is 0.690. The number of aromatic nitrogens is 1. The van der Waals surface area contributed by atoms with Crippen LogP contribution < -0.4 is 26.4 Å². The lowest BCUT2D eigenvalue weighted by Crippen LogP contribution is -2.31. The van der Waals surface area contributed by atoms with Gasteiger partial charge in [0, 0.05) is 40.7 Å². The topological polar surface area (TPSA) is 84.2 Å². The molecule has 3 unspecified atom stereocenters. The van der Waals surface area contributed by atoms with Crippen LogP contribution in [-0.2, 0) is 5.41 Å². The van der Waals surface area contributed by atoms with Crippen LogP contribution in [-0.4, -0.2) is 49.9 Å². The van der Waals surface area contributed by atoms with Gasteiger partial charge < -0.3 is 26.4 Å². The van der Waals surface area contributed by atoms with E-state index in [9.17, 15) is 0 Å². The van der Waals surface area contributed by atoms with Gasteiger partial charge in [0.25, 0.3) is 0 Å². The summed E-state index contributed by atoms with van der Waals surface area (Å²) in [7, 11) is 1.72. The number of pyridine rings is 1. The van der Waals surface area contributed by atoms with E-state index in [0.29, 0.717) is 18.1 Å². The Morgan fingerprint density at radius 3 is 2.03 bits per heavy atom. The number of halogens is 1. The largest absolute Gasteiger partial charge is 0.497 e. The van der Waals surface area contributed by atoms with Crippen LogP contribution in [0.25, 0.3) is 10.9 Å². The van der Waals surface area contributed by atoms with Crippen molar-refractivity contribution in [3.05, 3.63) is 30.0 Å². The third kappa shape index (κ3) is 11.2. The van der Waals surface area contributed by atoms with E-state index in [-0.39, 0.29) is 17.8 Å².